The molecule has 1 fully saturated rings. The van der Waals surface area contributed by atoms with Crippen LogP contribution in [0, 0.1) is 5.92 Å². The minimum atomic E-state index is 0.458. The lowest BCUT2D eigenvalue weighted by Crippen LogP contribution is -2.16. The van der Waals surface area contributed by atoms with Gasteiger partial charge in [0.1, 0.15) is 11.5 Å². The molecule has 2 heteroatoms. The van der Waals surface area contributed by atoms with Gasteiger partial charge in [0.05, 0.1) is 0 Å². The summed E-state index contributed by atoms with van der Waals surface area (Å²) in [5.41, 5.74) is 1.32. The number of nitrogens with one attached hydrogen (secondary N) is 1. The number of ether oxygens (including phenoxy) is 1. The maximum atomic E-state index is 5.89. The second kappa shape index (κ2) is 5.45. The highest BCUT2D eigenvalue weighted by atomic mass is 16.5. The molecule has 0 radical (unpaired) electrons. The summed E-state index contributed by atoms with van der Waals surface area (Å²) in [6.45, 7) is 3.41. The number of para-hydroxylation sites is 1. The van der Waals surface area contributed by atoms with E-state index in [-0.39, 0.29) is 0 Å². The van der Waals surface area contributed by atoms with E-state index >= 15 is 0 Å². The van der Waals surface area contributed by atoms with Gasteiger partial charge in [-0.2, -0.15) is 0 Å². The van der Waals surface area contributed by atoms with Crippen LogP contribution < -0.4 is 10.1 Å². The Morgan fingerprint density at radius 1 is 1.00 bits per heavy atom. The van der Waals surface area contributed by atoms with Crippen molar-refractivity contribution in [3.8, 4) is 11.5 Å². The standard InChI is InChI=1S/C17H19NO/c1-13-10-11-18-17(13)14-6-5-9-16(12-14)19-15-7-3-2-4-8-15/h2-9,12-13,17-18H,10-11H2,1H3. The zero-order valence-electron chi connectivity index (χ0n) is 11.2. The highest BCUT2D eigenvalue weighted by Crippen LogP contribution is 2.31. The molecule has 1 saturated heterocycles. The van der Waals surface area contributed by atoms with E-state index in [0.29, 0.717) is 12.0 Å². The maximum absolute atomic E-state index is 5.89. The van der Waals surface area contributed by atoms with Crippen molar-refractivity contribution in [3.63, 3.8) is 0 Å². The average Bonchev–Trinajstić information content (AvgIpc) is 2.86. The van der Waals surface area contributed by atoms with Crippen molar-refractivity contribution in [1.82, 2.24) is 5.32 Å². The molecule has 1 heterocycles. The summed E-state index contributed by atoms with van der Waals surface area (Å²) < 4.78 is 5.89. The predicted molar refractivity (Wildman–Crippen MR) is 77.5 cm³/mol. The molecule has 98 valence electrons. The van der Waals surface area contributed by atoms with Gasteiger partial charge >= 0.3 is 0 Å². The van der Waals surface area contributed by atoms with Crippen molar-refractivity contribution in [1.29, 1.82) is 0 Å². The molecule has 0 saturated carbocycles. The van der Waals surface area contributed by atoms with Gasteiger partial charge < -0.3 is 10.1 Å². The first-order valence-corrected chi connectivity index (χ1v) is 6.89. The normalized spacial score (nSPS) is 22.4. The van der Waals surface area contributed by atoms with E-state index in [1.54, 1.807) is 0 Å². The predicted octanol–water partition coefficient (Wildman–Crippen LogP) is 4.15. The Morgan fingerprint density at radius 2 is 1.79 bits per heavy atom. The van der Waals surface area contributed by atoms with Gasteiger partial charge in [0.2, 0.25) is 0 Å². The Labute approximate surface area is 114 Å². The second-order valence-electron chi connectivity index (χ2n) is 5.19. The van der Waals surface area contributed by atoms with E-state index in [2.05, 4.69) is 30.4 Å². The Balaban J connectivity index is 1.80. The van der Waals surface area contributed by atoms with Crippen LogP contribution in [0.25, 0.3) is 0 Å². The van der Waals surface area contributed by atoms with Crippen LogP contribution in [-0.4, -0.2) is 6.54 Å². The molecule has 2 nitrogen and oxygen atoms in total. The monoisotopic (exact) mass is 253 g/mol. The molecule has 3 rings (SSSR count). The fourth-order valence-electron chi connectivity index (χ4n) is 2.68. The van der Waals surface area contributed by atoms with Gasteiger partial charge in [-0.05, 0) is 48.7 Å². The van der Waals surface area contributed by atoms with E-state index in [0.717, 1.165) is 18.0 Å². The summed E-state index contributed by atoms with van der Waals surface area (Å²) in [5, 5.41) is 3.56. The molecule has 1 aliphatic rings. The Kier molecular flexibility index (Phi) is 3.51. The highest BCUT2D eigenvalue weighted by molar-refractivity contribution is 5.35. The first kappa shape index (κ1) is 12.2. The van der Waals surface area contributed by atoms with Gasteiger partial charge in [-0.3, -0.25) is 0 Å². The number of rotatable bonds is 3. The van der Waals surface area contributed by atoms with Gasteiger partial charge in [0.15, 0.2) is 0 Å². The summed E-state index contributed by atoms with van der Waals surface area (Å²) in [7, 11) is 0. The van der Waals surface area contributed by atoms with E-state index in [1.807, 2.05) is 36.4 Å². The zero-order chi connectivity index (χ0) is 13.1. The molecular weight excluding hydrogens is 234 g/mol. The third-order valence-electron chi connectivity index (χ3n) is 3.73. The van der Waals surface area contributed by atoms with Crippen LogP contribution in [0.2, 0.25) is 0 Å². The van der Waals surface area contributed by atoms with Crippen LogP contribution in [-0.2, 0) is 0 Å². The van der Waals surface area contributed by atoms with Crippen molar-refractivity contribution in [2.75, 3.05) is 6.54 Å². The molecule has 2 aromatic carbocycles. The van der Waals surface area contributed by atoms with Gasteiger partial charge in [-0.1, -0.05) is 37.3 Å². The van der Waals surface area contributed by atoms with Crippen molar-refractivity contribution in [2.45, 2.75) is 19.4 Å². The summed E-state index contributed by atoms with van der Waals surface area (Å²) >= 11 is 0. The fraction of sp³-hybridized carbons (Fsp3) is 0.294. The third-order valence-corrected chi connectivity index (χ3v) is 3.73. The molecule has 0 aromatic heterocycles. The van der Waals surface area contributed by atoms with E-state index < -0.39 is 0 Å². The smallest absolute Gasteiger partial charge is 0.127 e. The average molecular weight is 253 g/mol. The fourth-order valence-corrected chi connectivity index (χ4v) is 2.68. The maximum Gasteiger partial charge on any atom is 0.127 e. The Hall–Kier alpha value is -1.80. The largest absolute Gasteiger partial charge is 0.457 e. The molecule has 2 atom stereocenters. The van der Waals surface area contributed by atoms with Gasteiger partial charge in [-0.15, -0.1) is 0 Å². The minimum Gasteiger partial charge on any atom is -0.457 e. The first-order chi connectivity index (χ1) is 9.33. The van der Waals surface area contributed by atoms with E-state index in [4.69, 9.17) is 4.74 Å². The summed E-state index contributed by atoms with van der Waals surface area (Å²) in [5.74, 6) is 2.48. The molecule has 1 aliphatic heterocycles. The van der Waals surface area contributed by atoms with Gasteiger partial charge in [0, 0.05) is 6.04 Å². The Morgan fingerprint density at radius 3 is 2.53 bits per heavy atom. The van der Waals surface area contributed by atoms with Crippen LogP contribution in [0.4, 0.5) is 0 Å². The third kappa shape index (κ3) is 2.79. The molecule has 1 N–H and O–H groups in total. The van der Waals surface area contributed by atoms with Crippen LogP contribution >= 0.6 is 0 Å². The molecule has 0 spiro atoms. The Bertz CT molecular complexity index is 538. The molecule has 0 amide bonds. The quantitative estimate of drug-likeness (QED) is 0.887. The minimum absolute atomic E-state index is 0.458. The number of hydrogen-bond acceptors (Lipinski definition) is 2. The SMILES string of the molecule is CC1CCNC1c1cccc(Oc2ccccc2)c1. The molecule has 2 unspecified atom stereocenters. The van der Waals surface area contributed by atoms with Crippen molar-refractivity contribution in [2.24, 2.45) is 5.92 Å². The van der Waals surface area contributed by atoms with Crippen molar-refractivity contribution in [3.05, 3.63) is 60.2 Å². The second-order valence-corrected chi connectivity index (χ2v) is 5.19. The zero-order valence-corrected chi connectivity index (χ0v) is 11.2. The molecular formula is C17H19NO. The topological polar surface area (TPSA) is 21.3 Å². The molecule has 2 aromatic rings. The summed E-state index contributed by atoms with van der Waals surface area (Å²) in [6, 6.07) is 18.8. The van der Waals surface area contributed by atoms with Crippen molar-refractivity contribution >= 4 is 0 Å². The molecule has 19 heavy (non-hydrogen) atoms. The number of benzene rings is 2. The summed E-state index contributed by atoms with van der Waals surface area (Å²) in [6.07, 6.45) is 1.24. The van der Waals surface area contributed by atoms with Crippen LogP contribution in [0.5, 0.6) is 11.5 Å². The van der Waals surface area contributed by atoms with Crippen LogP contribution in [0.3, 0.4) is 0 Å². The highest BCUT2D eigenvalue weighted by Gasteiger charge is 2.24. The van der Waals surface area contributed by atoms with Gasteiger partial charge in [-0.25, -0.2) is 0 Å². The summed E-state index contributed by atoms with van der Waals surface area (Å²) in [4.78, 5) is 0. The van der Waals surface area contributed by atoms with E-state index in [1.165, 1.54) is 12.0 Å². The molecule has 0 aliphatic carbocycles. The van der Waals surface area contributed by atoms with Gasteiger partial charge in [0.25, 0.3) is 0 Å². The number of hydrogen-bond donors (Lipinski definition) is 1. The first-order valence-electron chi connectivity index (χ1n) is 6.89. The van der Waals surface area contributed by atoms with Crippen molar-refractivity contribution < 1.29 is 4.74 Å². The van der Waals surface area contributed by atoms with E-state index in [9.17, 15) is 0 Å². The lowest BCUT2D eigenvalue weighted by Gasteiger charge is -2.17. The lowest BCUT2D eigenvalue weighted by molar-refractivity contribution is 0.473. The van der Waals surface area contributed by atoms with Crippen LogP contribution in [0.15, 0.2) is 54.6 Å². The lowest BCUT2D eigenvalue weighted by atomic mass is 9.96. The van der Waals surface area contributed by atoms with Crippen LogP contribution in [0.1, 0.15) is 24.9 Å². The molecule has 0 bridgehead atoms.